The van der Waals surface area contributed by atoms with Gasteiger partial charge in [-0.15, -0.1) is 12.4 Å². The third-order valence-corrected chi connectivity index (χ3v) is 3.40. The van der Waals surface area contributed by atoms with E-state index in [1.54, 1.807) is 0 Å². The van der Waals surface area contributed by atoms with Gasteiger partial charge in [0, 0.05) is 19.1 Å². The molecule has 1 aliphatic carbocycles. The normalized spacial score (nSPS) is 25.1. The van der Waals surface area contributed by atoms with Crippen LogP contribution in [0.1, 0.15) is 32.1 Å². The fraction of sp³-hybridized carbons (Fsp3) is 0.900. The summed E-state index contributed by atoms with van der Waals surface area (Å²) in [7, 11) is 0. The zero-order valence-corrected chi connectivity index (χ0v) is 9.26. The predicted octanol–water partition coefficient (Wildman–Crippen LogP) is 1.16. The average molecular weight is 219 g/mol. The number of hydrogen-bond acceptors (Lipinski definition) is 2. The molecule has 0 atom stereocenters. The second-order valence-corrected chi connectivity index (χ2v) is 4.35. The summed E-state index contributed by atoms with van der Waals surface area (Å²) >= 11 is 0. The van der Waals surface area contributed by atoms with Gasteiger partial charge >= 0.3 is 0 Å². The van der Waals surface area contributed by atoms with Crippen LogP contribution in [0.4, 0.5) is 0 Å². The van der Waals surface area contributed by atoms with Crippen LogP contribution >= 0.6 is 12.4 Å². The van der Waals surface area contributed by atoms with Gasteiger partial charge in [0.25, 0.3) is 0 Å². The van der Waals surface area contributed by atoms with Crippen LogP contribution in [0.5, 0.6) is 0 Å². The molecule has 1 aliphatic heterocycles. The molecule has 82 valence electrons. The predicted molar refractivity (Wildman–Crippen MR) is 58.4 cm³/mol. The van der Waals surface area contributed by atoms with E-state index < -0.39 is 0 Å². The van der Waals surface area contributed by atoms with Crippen molar-refractivity contribution in [1.82, 2.24) is 4.90 Å². The summed E-state index contributed by atoms with van der Waals surface area (Å²) in [6.07, 6.45) is 6.77. The average Bonchev–Trinajstić information content (AvgIpc) is 2.02. The Morgan fingerprint density at radius 2 is 1.71 bits per heavy atom. The number of amides is 1. The summed E-state index contributed by atoms with van der Waals surface area (Å²) in [5.41, 5.74) is 5.22. The lowest BCUT2D eigenvalue weighted by Crippen LogP contribution is -2.56. The van der Waals surface area contributed by atoms with Crippen LogP contribution in [0, 0.1) is 5.92 Å². The van der Waals surface area contributed by atoms with Gasteiger partial charge in [-0.3, -0.25) is 9.69 Å². The van der Waals surface area contributed by atoms with E-state index in [1.165, 1.54) is 32.1 Å². The summed E-state index contributed by atoms with van der Waals surface area (Å²) < 4.78 is 0. The molecule has 2 aliphatic rings. The maximum Gasteiger partial charge on any atom is 0.223 e. The van der Waals surface area contributed by atoms with E-state index in [1.807, 2.05) is 0 Å². The first-order chi connectivity index (χ1) is 6.27. The van der Waals surface area contributed by atoms with Gasteiger partial charge in [-0.2, -0.15) is 0 Å². The first-order valence-corrected chi connectivity index (χ1v) is 5.31. The second-order valence-electron chi connectivity index (χ2n) is 4.35. The minimum Gasteiger partial charge on any atom is -0.369 e. The Kier molecular flexibility index (Phi) is 4.20. The number of hydrogen-bond donors (Lipinski definition) is 1. The molecule has 4 heteroatoms. The molecule has 0 bridgehead atoms. The van der Waals surface area contributed by atoms with Crippen molar-refractivity contribution in [2.45, 2.75) is 38.1 Å². The molecule has 3 nitrogen and oxygen atoms in total. The Bertz CT molecular complexity index is 198. The van der Waals surface area contributed by atoms with Gasteiger partial charge in [-0.25, -0.2) is 0 Å². The lowest BCUT2D eigenvalue weighted by Gasteiger charge is -2.44. The van der Waals surface area contributed by atoms with Crippen molar-refractivity contribution in [3.8, 4) is 0 Å². The van der Waals surface area contributed by atoms with Crippen LogP contribution in [-0.2, 0) is 4.79 Å². The smallest absolute Gasteiger partial charge is 0.223 e. The zero-order valence-electron chi connectivity index (χ0n) is 8.45. The highest BCUT2D eigenvalue weighted by atomic mass is 35.5. The third-order valence-electron chi connectivity index (χ3n) is 3.40. The fourth-order valence-electron chi connectivity index (χ4n) is 2.44. The van der Waals surface area contributed by atoms with Gasteiger partial charge in [0.2, 0.25) is 5.91 Å². The Hall–Kier alpha value is -0.280. The highest BCUT2D eigenvalue weighted by Crippen LogP contribution is 2.28. The third kappa shape index (κ3) is 2.39. The monoisotopic (exact) mass is 218 g/mol. The molecule has 0 radical (unpaired) electrons. The maximum absolute atomic E-state index is 10.8. The minimum absolute atomic E-state index is 0. The summed E-state index contributed by atoms with van der Waals surface area (Å²) in [5.74, 6) is 0.0222. The van der Waals surface area contributed by atoms with E-state index in [2.05, 4.69) is 4.90 Å². The van der Waals surface area contributed by atoms with Gasteiger partial charge in [0.15, 0.2) is 0 Å². The number of carbonyl (C=O) groups is 1. The number of halogens is 1. The molecule has 1 amide bonds. The molecule has 2 fully saturated rings. The molecule has 14 heavy (non-hydrogen) atoms. The first kappa shape index (κ1) is 11.8. The molecule has 2 N–H and O–H groups in total. The van der Waals surface area contributed by atoms with Crippen molar-refractivity contribution in [2.24, 2.45) is 11.7 Å². The van der Waals surface area contributed by atoms with E-state index in [4.69, 9.17) is 5.73 Å². The molecular weight excluding hydrogens is 200 g/mol. The van der Waals surface area contributed by atoms with Crippen molar-refractivity contribution in [1.29, 1.82) is 0 Å². The molecule has 0 spiro atoms. The van der Waals surface area contributed by atoms with E-state index in [-0.39, 0.29) is 24.2 Å². The quantitative estimate of drug-likeness (QED) is 0.756. The van der Waals surface area contributed by atoms with Crippen molar-refractivity contribution >= 4 is 18.3 Å². The van der Waals surface area contributed by atoms with E-state index >= 15 is 0 Å². The highest BCUT2D eigenvalue weighted by molar-refractivity contribution is 5.85. The van der Waals surface area contributed by atoms with Gasteiger partial charge in [-0.1, -0.05) is 19.3 Å². The Morgan fingerprint density at radius 3 is 2.21 bits per heavy atom. The fourth-order valence-corrected chi connectivity index (χ4v) is 2.44. The van der Waals surface area contributed by atoms with Crippen LogP contribution < -0.4 is 5.73 Å². The summed E-state index contributed by atoms with van der Waals surface area (Å²) in [4.78, 5) is 13.2. The molecular formula is C10H19ClN2O. The molecule has 1 heterocycles. The SMILES string of the molecule is Cl.NC(=O)C1CN(C2CCCCC2)C1. The van der Waals surface area contributed by atoms with Crippen LogP contribution in [0.2, 0.25) is 0 Å². The van der Waals surface area contributed by atoms with E-state index in [0.717, 1.165) is 19.1 Å². The van der Waals surface area contributed by atoms with Crippen LogP contribution in [-0.4, -0.2) is 29.9 Å². The molecule has 0 aromatic heterocycles. The topological polar surface area (TPSA) is 46.3 Å². The lowest BCUT2D eigenvalue weighted by molar-refractivity contribution is -0.128. The van der Waals surface area contributed by atoms with Crippen molar-refractivity contribution in [2.75, 3.05) is 13.1 Å². The van der Waals surface area contributed by atoms with E-state index in [0.29, 0.717) is 0 Å². The van der Waals surface area contributed by atoms with Gasteiger partial charge in [0.05, 0.1) is 5.92 Å². The van der Waals surface area contributed by atoms with Crippen LogP contribution in [0.3, 0.4) is 0 Å². The van der Waals surface area contributed by atoms with Gasteiger partial charge < -0.3 is 5.73 Å². The maximum atomic E-state index is 10.8. The number of primary amides is 1. The van der Waals surface area contributed by atoms with Gasteiger partial charge in [0.1, 0.15) is 0 Å². The van der Waals surface area contributed by atoms with Crippen LogP contribution in [0.25, 0.3) is 0 Å². The zero-order chi connectivity index (χ0) is 9.26. The number of rotatable bonds is 2. The van der Waals surface area contributed by atoms with Crippen molar-refractivity contribution < 1.29 is 4.79 Å². The van der Waals surface area contributed by atoms with E-state index in [9.17, 15) is 4.79 Å². The Balaban J connectivity index is 0.000000980. The second kappa shape index (κ2) is 4.99. The Morgan fingerprint density at radius 1 is 1.14 bits per heavy atom. The Labute approximate surface area is 91.4 Å². The lowest BCUT2D eigenvalue weighted by atomic mass is 9.89. The standard InChI is InChI=1S/C10H18N2O.ClH/c11-10(13)8-6-12(7-8)9-4-2-1-3-5-9;/h8-9H,1-7H2,(H2,11,13);1H. The van der Waals surface area contributed by atoms with Gasteiger partial charge in [-0.05, 0) is 12.8 Å². The molecule has 0 aromatic carbocycles. The summed E-state index contributed by atoms with van der Waals surface area (Å²) in [6.45, 7) is 1.83. The molecule has 1 saturated heterocycles. The highest BCUT2D eigenvalue weighted by Gasteiger charge is 2.35. The molecule has 0 unspecified atom stereocenters. The molecule has 1 saturated carbocycles. The van der Waals surface area contributed by atoms with Crippen LogP contribution in [0.15, 0.2) is 0 Å². The number of likely N-dealkylation sites (tertiary alicyclic amines) is 1. The summed E-state index contributed by atoms with van der Waals surface area (Å²) in [5, 5.41) is 0. The number of nitrogens with two attached hydrogens (primary N) is 1. The van der Waals surface area contributed by atoms with Crippen molar-refractivity contribution in [3.05, 3.63) is 0 Å². The van der Waals surface area contributed by atoms with Crippen molar-refractivity contribution in [3.63, 3.8) is 0 Å². The summed E-state index contributed by atoms with van der Waals surface area (Å²) in [6, 6.07) is 0.754. The minimum atomic E-state index is -0.118. The number of nitrogens with zero attached hydrogens (tertiary/aromatic N) is 1. The molecule has 2 rings (SSSR count). The largest absolute Gasteiger partial charge is 0.369 e. The first-order valence-electron chi connectivity index (χ1n) is 5.31. The number of carbonyl (C=O) groups excluding carboxylic acids is 1. The molecule has 0 aromatic rings.